The van der Waals surface area contributed by atoms with E-state index in [0.29, 0.717) is 0 Å². The van der Waals surface area contributed by atoms with Crippen molar-refractivity contribution < 1.29 is 7.65 Å². The first-order chi connectivity index (χ1) is 4.34. The molecule has 56 valence electrons. The molecule has 3 nitrogen and oxygen atoms in total. The molecule has 0 aliphatic carbocycles. The Morgan fingerprint density at radius 3 is 3.11 bits per heavy atom. The molecule has 1 atom stereocenters. The molecule has 1 saturated heterocycles. The first-order valence-corrected chi connectivity index (χ1v) is 3.29. The Kier molecular flexibility index (Phi) is 2.05. The summed E-state index contributed by atoms with van der Waals surface area (Å²) < 4.78 is 0. The molecule has 0 saturated carbocycles. The van der Waals surface area contributed by atoms with Crippen molar-refractivity contribution >= 4 is 5.91 Å². The van der Waals surface area contributed by atoms with Crippen LogP contribution in [0.3, 0.4) is 0 Å². The van der Waals surface area contributed by atoms with Crippen molar-refractivity contribution in [2.45, 2.75) is 18.9 Å². The molecule has 3 heteroatoms. The molecule has 1 aliphatic heterocycles. The molecule has 2 N–H and O–H groups in total. The smallest absolute Gasteiger partial charge is 0.236 e. The first kappa shape index (κ1) is 6.55. The van der Waals surface area contributed by atoms with E-state index in [1.807, 2.05) is 0 Å². The molecule has 1 aliphatic rings. The molecular weight excluding hydrogens is 116 g/mol. The summed E-state index contributed by atoms with van der Waals surface area (Å²) in [6.07, 6.45) is 2.11. The largest absolute Gasteiger partial charge is 0.358 e. The normalized spacial score (nSPS) is 26.1. The lowest BCUT2D eigenvalue weighted by Crippen LogP contribution is -2.38. The van der Waals surface area contributed by atoms with E-state index in [0.717, 1.165) is 19.4 Å². The minimum absolute atomic E-state index is 0. The summed E-state index contributed by atoms with van der Waals surface area (Å²) >= 11 is 0. The Morgan fingerprint density at radius 1 is 1.89 bits per heavy atom. The van der Waals surface area contributed by atoms with Gasteiger partial charge in [-0.1, -0.05) is 0 Å². The highest BCUT2D eigenvalue weighted by molar-refractivity contribution is 5.81. The van der Waals surface area contributed by atoms with E-state index >= 15 is 0 Å². The van der Waals surface area contributed by atoms with Crippen LogP contribution in [0, 0.1) is 0 Å². The molecule has 1 rings (SSSR count). The SMILES string of the molecule is CNC(=O)[C@@H]1CCCN1.[HH].[HH]. The molecule has 0 spiro atoms. The van der Waals surface area contributed by atoms with E-state index in [1.165, 1.54) is 0 Å². The van der Waals surface area contributed by atoms with E-state index in [9.17, 15) is 4.79 Å². The first-order valence-electron chi connectivity index (χ1n) is 3.29. The molecular formula is C6H16N2O. The van der Waals surface area contributed by atoms with Gasteiger partial charge in [0.25, 0.3) is 0 Å². The minimum atomic E-state index is 0. The second kappa shape index (κ2) is 2.82. The van der Waals surface area contributed by atoms with Crippen LogP contribution in [-0.2, 0) is 4.79 Å². The number of carbonyl (C=O) groups is 1. The third-order valence-electron chi connectivity index (χ3n) is 1.62. The van der Waals surface area contributed by atoms with Gasteiger partial charge in [-0.25, -0.2) is 0 Å². The number of hydrogen-bond donors (Lipinski definition) is 2. The lowest BCUT2D eigenvalue weighted by molar-refractivity contribution is -0.122. The zero-order valence-electron chi connectivity index (χ0n) is 5.61. The highest BCUT2D eigenvalue weighted by Crippen LogP contribution is 2.03. The van der Waals surface area contributed by atoms with Crippen LogP contribution in [0.25, 0.3) is 0 Å². The van der Waals surface area contributed by atoms with Crippen LogP contribution in [-0.4, -0.2) is 25.5 Å². The zero-order chi connectivity index (χ0) is 6.69. The molecule has 0 unspecified atom stereocenters. The van der Waals surface area contributed by atoms with Gasteiger partial charge in [0.1, 0.15) is 0 Å². The van der Waals surface area contributed by atoms with Crippen molar-refractivity contribution in [2.75, 3.05) is 13.6 Å². The van der Waals surface area contributed by atoms with Crippen molar-refractivity contribution in [1.29, 1.82) is 0 Å². The summed E-state index contributed by atoms with van der Waals surface area (Å²) in [6.45, 7) is 0.984. The van der Waals surface area contributed by atoms with Gasteiger partial charge in [0, 0.05) is 9.90 Å². The van der Waals surface area contributed by atoms with Crippen LogP contribution in [0.5, 0.6) is 0 Å². The zero-order valence-corrected chi connectivity index (χ0v) is 5.61. The molecule has 9 heavy (non-hydrogen) atoms. The second-order valence-corrected chi connectivity index (χ2v) is 2.26. The van der Waals surface area contributed by atoms with Gasteiger partial charge in [-0.3, -0.25) is 4.79 Å². The third-order valence-corrected chi connectivity index (χ3v) is 1.62. The molecule has 1 fully saturated rings. The number of likely N-dealkylation sites (N-methyl/N-ethyl adjacent to an activating group) is 1. The van der Waals surface area contributed by atoms with Crippen LogP contribution in [0.15, 0.2) is 0 Å². The quantitative estimate of drug-likeness (QED) is 0.526. The van der Waals surface area contributed by atoms with Gasteiger partial charge in [0.05, 0.1) is 6.04 Å². The lowest BCUT2D eigenvalue weighted by atomic mass is 10.2. The average molecular weight is 132 g/mol. The van der Waals surface area contributed by atoms with Crippen molar-refractivity contribution in [3.63, 3.8) is 0 Å². The number of hydrogen-bond acceptors (Lipinski definition) is 2. The summed E-state index contributed by atoms with van der Waals surface area (Å²) in [6, 6.07) is 0.0787. The average Bonchev–Trinajstić information content (AvgIpc) is 2.37. The van der Waals surface area contributed by atoms with Gasteiger partial charge < -0.3 is 10.6 Å². The Labute approximate surface area is 57.8 Å². The molecule has 0 aromatic rings. The van der Waals surface area contributed by atoms with Gasteiger partial charge >= 0.3 is 0 Å². The van der Waals surface area contributed by atoms with Gasteiger partial charge in [-0.2, -0.15) is 0 Å². The highest BCUT2D eigenvalue weighted by Gasteiger charge is 2.19. The Morgan fingerprint density at radius 2 is 2.67 bits per heavy atom. The van der Waals surface area contributed by atoms with Gasteiger partial charge in [0.2, 0.25) is 5.91 Å². The van der Waals surface area contributed by atoms with Crippen LogP contribution in [0.4, 0.5) is 0 Å². The summed E-state index contributed by atoms with van der Waals surface area (Å²) in [7, 11) is 1.67. The fourth-order valence-corrected chi connectivity index (χ4v) is 1.08. The number of nitrogens with one attached hydrogen (secondary N) is 2. The van der Waals surface area contributed by atoms with Crippen LogP contribution in [0.2, 0.25) is 0 Å². The fourth-order valence-electron chi connectivity index (χ4n) is 1.08. The summed E-state index contributed by atoms with van der Waals surface area (Å²) in [5, 5.41) is 5.70. The predicted molar refractivity (Wildman–Crippen MR) is 39.3 cm³/mol. The van der Waals surface area contributed by atoms with Gasteiger partial charge in [0.15, 0.2) is 0 Å². The van der Waals surface area contributed by atoms with E-state index < -0.39 is 0 Å². The molecule has 0 radical (unpaired) electrons. The predicted octanol–water partition coefficient (Wildman–Crippen LogP) is -0.0236. The van der Waals surface area contributed by atoms with Crippen LogP contribution in [0.1, 0.15) is 15.7 Å². The summed E-state index contributed by atoms with van der Waals surface area (Å²) in [5.41, 5.74) is 0. The number of amides is 1. The molecule has 0 bridgehead atoms. The van der Waals surface area contributed by atoms with Crippen molar-refractivity contribution in [3.8, 4) is 0 Å². The number of carbonyl (C=O) groups excluding carboxylic acids is 1. The van der Waals surface area contributed by atoms with E-state index in [1.54, 1.807) is 7.05 Å². The second-order valence-electron chi connectivity index (χ2n) is 2.26. The Hall–Kier alpha value is -0.570. The van der Waals surface area contributed by atoms with Crippen molar-refractivity contribution in [3.05, 3.63) is 0 Å². The molecule has 0 aromatic heterocycles. The topological polar surface area (TPSA) is 41.1 Å². The Balaban J connectivity index is 0. The standard InChI is InChI=1S/C6H12N2O.2H2/c1-7-6(9)5-3-2-4-8-5;;/h5,8H,2-4H2,1H3,(H,7,9);2*1H/t5-;;/m0../s1. The maximum absolute atomic E-state index is 10.8. The van der Waals surface area contributed by atoms with E-state index in [4.69, 9.17) is 0 Å². The number of rotatable bonds is 1. The summed E-state index contributed by atoms with van der Waals surface area (Å²) in [4.78, 5) is 10.8. The fraction of sp³-hybridized carbons (Fsp3) is 0.833. The third kappa shape index (κ3) is 1.42. The van der Waals surface area contributed by atoms with Gasteiger partial charge in [-0.05, 0) is 19.4 Å². The maximum atomic E-state index is 10.8. The molecule has 1 heterocycles. The van der Waals surface area contributed by atoms with E-state index in [-0.39, 0.29) is 14.8 Å². The minimum Gasteiger partial charge on any atom is -0.358 e. The Bertz CT molecular complexity index is 115. The molecule has 0 aromatic carbocycles. The van der Waals surface area contributed by atoms with Crippen molar-refractivity contribution in [1.82, 2.24) is 10.6 Å². The van der Waals surface area contributed by atoms with Crippen LogP contribution < -0.4 is 10.6 Å². The van der Waals surface area contributed by atoms with E-state index in [2.05, 4.69) is 10.6 Å². The monoisotopic (exact) mass is 132 g/mol. The maximum Gasteiger partial charge on any atom is 0.236 e. The molecule has 1 amide bonds. The van der Waals surface area contributed by atoms with Crippen LogP contribution >= 0.6 is 0 Å². The highest BCUT2D eigenvalue weighted by atomic mass is 16.2. The van der Waals surface area contributed by atoms with Gasteiger partial charge in [-0.15, -0.1) is 0 Å². The summed E-state index contributed by atoms with van der Waals surface area (Å²) in [5.74, 6) is 0.118. The lowest BCUT2D eigenvalue weighted by Gasteiger charge is -2.05. The van der Waals surface area contributed by atoms with Crippen molar-refractivity contribution in [2.24, 2.45) is 0 Å².